The summed E-state index contributed by atoms with van der Waals surface area (Å²) in [6.45, 7) is 2.59. The van der Waals surface area contributed by atoms with E-state index in [2.05, 4.69) is 29.2 Å². The van der Waals surface area contributed by atoms with Gasteiger partial charge in [0.15, 0.2) is 9.84 Å². The molecule has 1 aliphatic carbocycles. The Balaban J connectivity index is 1.44. The molecule has 2 fully saturated rings. The predicted molar refractivity (Wildman–Crippen MR) is 129 cm³/mol. The van der Waals surface area contributed by atoms with Gasteiger partial charge in [0.25, 0.3) is 0 Å². The van der Waals surface area contributed by atoms with Crippen molar-refractivity contribution in [1.82, 2.24) is 4.90 Å². The van der Waals surface area contributed by atoms with E-state index >= 15 is 0 Å². The molecule has 0 amide bonds. The zero-order valence-electron chi connectivity index (χ0n) is 18.8. The van der Waals surface area contributed by atoms with Gasteiger partial charge in [0, 0.05) is 34.1 Å². The maximum absolute atomic E-state index is 12.3. The fourth-order valence-electron chi connectivity index (χ4n) is 6.21. The maximum Gasteiger partial charge on any atom is 0.175 e. The smallest absolute Gasteiger partial charge is 0.175 e. The van der Waals surface area contributed by atoms with Crippen LogP contribution in [0.15, 0.2) is 57.2 Å². The second-order valence-corrected chi connectivity index (χ2v) is 12.9. The van der Waals surface area contributed by atoms with E-state index in [9.17, 15) is 13.5 Å². The van der Waals surface area contributed by atoms with Gasteiger partial charge in [0.2, 0.25) is 0 Å². The highest BCUT2D eigenvalue weighted by Crippen LogP contribution is 2.56. The Kier molecular flexibility index (Phi) is 6.16. The van der Waals surface area contributed by atoms with Gasteiger partial charge >= 0.3 is 0 Å². The van der Waals surface area contributed by atoms with Crippen LogP contribution in [0.3, 0.4) is 0 Å². The van der Waals surface area contributed by atoms with Gasteiger partial charge < -0.3 is 10.0 Å². The van der Waals surface area contributed by atoms with Crippen molar-refractivity contribution in [3.8, 4) is 0 Å². The van der Waals surface area contributed by atoms with E-state index in [1.54, 1.807) is 17.8 Å². The molecule has 2 aromatic carbocycles. The van der Waals surface area contributed by atoms with Crippen molar-refractivity contribution in [3.05, 3.63) is 53.6 Å². The summed E-state index contributed by atoms with van der Waals surface area (Å²) in [6, 6.07) is 15.1. The molecule has 1 saturated heterocycles. The third-order valence-electron chi connectivity index (χ3n) is 8.03. The lowest BCUT2D eigenvalue weighted by molar-refractivity contribution is 0.0847. The summed E-state index contributed by atoms with van der Waals surface area (Å²) in [5, 5.41) is 9.25. The average molecular weight is 472 g/mol. The van der Waals surface area contributed by atoms with Crippen LogP contribution in [0.25, 0.3) is 0 Å². The number of benzene rings is 2. The third kappa shape index (κ3) is 4.04. The van der Waals surface area contributed by atoms with Crippen molar-refractivity contribution >= 4 is 21.6 Å². The first-order chi connectivity index (χ1) is 15.4. The Morgan fingerprint density at radius 1 is 1.00 bits per heavy atom. The summed E-state index contributed by atoms with van der Waals surface area (Å²) in [7, 11) is -3.24. The van der Waals surface area contributed by atoms with Crippen LogP contribution in [0.2, 0.25) is 0 Å². The monoisotopic (exact) mass is 471 g/mol. The molecule has 1 saturated carbocycles. The summed E-state index contributed by atoms with van der Waals surface area (Å²) in [4.78, 5) is 5.64. The highest BCUT2D eigenvalue weighted by Gasteiger charge is 2.45. The molecule has 2 aliphatic heterocycles. The normalized spacial score (nSPS) is 26.6. The SMILES string of the molecule is CS(=O)(=O)c1ccc2c(c1)C1(CCC(N3CCC(CCO)CC3)CC1)c1ccccc1S2. The van der Waals surface area contributed by atoms with Crippen molar-refractivity contribution in [2.75, 3.05) is 26.0 Å². The van der Waals surface area contributed by atoms with Crippen molar-refractivity contribution in [1.29, 1.82) is 0 Å². The van der Waals surface area contributed by atoms with Crippen LogP contribution in [-0.4, -0.2) is 50.4 Å². The standard InChI is InChI=1S/C26H33NO3S2/c1-32(29,30)21-6-7-25-23(18-21)26(22-4-2-3-5-24(22)31-25)13-8-20(9-14-26)27-15-10-19(11-16-27)12-17-28/h2-7,18-20,28H,8-17H2,1H3. The molecular weight excluding hydrogens is 438 g/mol. The Labute approximate surface area is 196 Å². The lowest BCUT2D eigenvalue weighted by atomic mass is 9.63. The Hall–Kier alpha value is -1.34. The summed E-state index contributed by atoms with van der Waals surface area (Å²) in [5.74, 6) is 0.676. The number of aliphatic hydroxyl groups excluding tert-OH is 1. The minimum Gasteiger partial charge on any atom is -0.396 e. The van der Waals surface area contributed by atoms with Gasteiger partial charge in [-0.25, -0.2) is 8.42 Å². The molecule has 4 nitrogen and oxygen atoms in total. The van der Waals surface area contributed by atoms with E-state index in [1.165, 1.54) is 40.0 Å². The van der Waals surface area contributed by atoms with Crippen LogP contribution in [0, 0.1) is 5.92 Å². The van der Waals surface area contributed by atoms with E-state index in [0.29, 0.717) is 23.5 Å². The van der Waals surface area contributed by atoms with Crippen LogP contribution >= 0.6 is 11.8 Å². The first-order valence-electron chi connectivity index (χ1n) is 11.9. The Morgan fingerprint density at radius 3 is 2.38 bits per heavy atom. The van der Waals surface area contributed by atoms with E-state index < -0.39 is 9.84 Å². The number of piperidine rings is 1. The molecule has 0 radical (unpaired) electrons. The Bertz CT molecular complexity index is 1080. The summed E-state index contributed by atoms with van der Waals surface area (Å²) < 4.78 is 24.7. The lowest BCUT2D eigenvalue weighted by Gasteiger charge is -2.48. The number of likely N-dealkylation sites (tertiary alicyclic amines) is 1. The fourth-order valence-corrected chi connectivity index (χ4v) is 8.11. The van der Waals surface area contributed by atoms with Gasteiger partial charge in [-0.05, 0) is 99.3 Å². The molecule has 2 heterocycles. The molecule has 0 atom stereocenters. The molecule has 3 aliphatic rings. The van der Waals surface area contributed by atoms with Gasteiger partial charge in [0.05, 0.1) is 4.90 Å². The number of nitrogens with zero attached hydrogens (tertiary/aromatic N) is 1. The summed E-state index contributed by atoms with van der Waals surface area (Å²) in [5.41, 5.74) is 2.50. The number of hydrogen-bond donors (Lipinski definition) is 1. The molecule has 1 spiro atoms. The highest BCUT2D eigenvalue weighted by molar-refractivity contribution is 7.99. The first-order valence-corrected chi connectivity index (χ1v) is 14.6. The van der Waals surface area contributed by atoms with Gasteiger partial charge in [-0.2, -0.15) is 0 Å². The second kappa shape index (κ2) is 8.79. The quantitative estimate of drug-likeness (QED) is 0.689. The van der Waals surface area contributed by atoms with Crippen LogP contribution in [-0.2, 0) is 15.3 Å². The molecule has 32 heavy (non-hydrogen) atoms. The van der Waals surface area contributed by atoms with Crippen molar-refractivity contribution < 1.29 is 13.5 Å². The molecule has 2 aromatic rings. The minimum atomic E-state index is -3.24. The van der Waals surface area contributed by atoms with E-state index in [4.69, 9.17) is 0 Å². The second-order valence-electron chi connectivity index (χ2n) is 9.83. The van der Waals surface area contributed by atoms with E-state index in [0.717, 1.165) is 45.2 Å². The molecule has 6 heteroatoms. The van der Waals surface area contributed by atoms with E-state index in [-0.39, 0.29) is 5.41 Å². The first kappa shape index (κ1) is 22.5. The maximum atomic E-state index is 12.3. The summed E-state index contributed by atoms with van der Waals surface area (Å²) >= 11 is 1.78. The number of fused-ring (bicyclic) bond motifs is 4. The third-order valence-corrected chi connectivity index (χ3v) is 10.3. The fraction of sp³-hybridized carbons (Fsp3) is 0.538. The van der Waals surface area contributed by atoms with Gasteiger partial charge in [-0.15, -0.1) is 0 Å². The zero-order chi connectivity index (χ0) is 22.3. The molecule has 0 bridgehead atoms. The topological polar surface area (TPSA) is 57.6 Å². The molecule has 1 N–H and O–H groups in total. The van der Waals surface area contributed by atoms with Gasteiger partial charge in [0.1, 0.15) is 0 Å². The molecular formula is C26H33NO3S2. The van der Waals surface area contributed by atoms with E-state index in [1.807, 2.05) is 12.1 Å². The van der Waals surface area contributed by atoms with Gasteiger partial charge in [-0.3, -0.25) is 0 Å². The summed E-state index contributed by atoms with van der Waals surface area (Å²) in [6.07, 6.45) is 9.05. The van der Waals surface area contributed by atoms with Crippen molar-refractivity contribution in [2.45, 2.75) is 71.1 Å². The lowest BCUT2D eigenvalue weighted by Crippen LogP contribution is -2.46. The van der Waals surface area contributed by atoms with Crippen LogP contribution < -0.4 is 0 Å². The molecule has 0 aromatic heterocycles. The highest BCUT2D eigenvalue weighted by atomic mass is 32.2. The van der Waals surface area contributed by atoms with Gasteiger partial charge in [-0.1, -0.05) is 30.0 Å². The van der Waals surface area contributed by atoms with Crippen molar-refractivity contribution in [2.24, 2.45) is 5.92 Å². The van der Waals surface area contributed by atoms with Crippen LogP contribution in [0.1, 0.15) is 56.1 Å². The minimum absolute atomic E-state index is 0.0937. The molecule has 172 valence electrons. The number of sulfone groups is 1. The molecule has 5 rings (SSSR count). The predicted octanol–water partition coefficient (Wildman–Crippen LogP) is 4.88. The van der Waals surface area contributed by atoms with Crippen LogP contribution in [0.4, 0.5) is 0 Å². The zero-order valence-corrected chi connectivity index (χ0v) is 20.4. The largest absolute Gasteiger partial charge is 0.396 e. The number of rotatable bonds is 4. The van der Waals surface area contributed by atoms with Crippen LogP contribution in [0.5, 0.6) is 0 Å². The number of aliphatic hydroxyl groups is 1. The van der Waals surface area contributed by atoms with Crippen molar-refractivity contribution in [3.63, 3.8) is 0 Å². The Morgan fingerprint density at radius 2 is 1.69 bits per heavy atom. The average Bonchev–Trinajstić information content (AvgIpc) is 2.80. The number of hydrogen-bond acceptors (Lipinski definition) is 5. The molecule has 0 unspecified atom stereocenters.